The van der Waals surface area contributed by atoms with Gasteiger partial charge in [0.2, 0.25) is 17.6 Å². The highest BCUT2D eigenvalue weighted by Crippen LogP contribution is 2.32. The zero-order chi connectivity index (χ0) is 20.1. The van der Waals surface area contributed by atoms with E-state index in [9.17, 15) is 10.1 Å². The number of hydrogen-bond acceptors (Lipinski definition) is 8. The van der Waals surface area contributed by atoms with Crippen LogP contribution in [0.15, 0.2) is 30.3 Å². The lowest BCUT2D eigenvalue weighted by Crippen LogP contribution is -2.46. The van der Waals surface area contributed by atoms with E-state index >= 15 is 0 Å². The maximum atomic E-state index is 11.6. The summed E-state index contributed by atoms with van der Waals surface area (Å²) in [6, 6.07) is 10.4. The molecule has 28 heavy (non-hydrogen) atoms. The highest BCUT2D eigenvalue weighted by Gasteiger charge is 2.29. The van der Waals surface area contributed by atoms with E-state index in [1.54, 1.807) is 0 Å². The van der Waals surface area contributed by atoms with Crippen molar-refractivity contribution in [3.8, 4) is 0 Å². The van der Waals surface area contributed by atoms with Crippen molar-refractivity contribution < 1.29 is 4.92 Å². The van der Waals surface area contributed by atoms with Crippen LogP contribution in [0, 0.1) is 10.1 Å². The van der Waals surface area contributed by atoms with Crippen LogP contribution in [0.2, 0.25) is 0 Å². The fraction of sp³-hybridized carbons (Fsp3) is 0.474. The Kier molecular flexibility index (Phi) is 6.25. The predicted molar refractivity (Wildman–Crippen MR) is 110 cm³/mol. The number of nitrogens with one attached hydrogen (secondary N) is 1. The van der Waals surface area contributed by atoms with Gasteiger partial charge in [0.1, 0.15) is 0 Å². The fourth-order valence-electron chi connectivity index (χ4n) is 3.20. The van der Waals surface area contributed by atoms with E-state index in [0.717, 1.165) is 26.1 Å². The SMILES string of the molecule is CC[C@H](C)Nc1nc(N)c([N+](=O)[O-])c(N2CCN(Cc3ccccc3)CC2)n1. The van der Waals surface area contributed by atoms with E-state index in [0.29, 0.717) is 24.9 Å². The zero-order valence-corrected chi connectivity index (χ0v) is 16.3. The minimum absolute atomic E-state index is 0.104. The molecule has 1 aromatic heterocycles. The molecule has 0 saturated carbocycles. The first-order valence-corrected chi connectivity index (χ1v) is 9.57. The van der Waals surface area contributed by atoms with Gasteiger partial charge in [-0.15, -0.1) is 0 Å². The Bertz CT molecular complexity index is 807. The van der Waals surface area contributed by atoms with E-state index < -0.39 is 4.92 Å². The number of hydrogen-bond donors (Lipinski definition) is 2. The monoisotopic (exact) mass is 385 g/mol. The lowest BCUT2D eigenvalue weighted by molar-refractivity contribution is -0.383. The van der Waals surface area contributed by atoms with Gasteiger partial charge in [-0.25, -0.2) is 0 Å². The largest absolute Gasteiger partial charge is 0.378 e. The molecule has 0 bridgehead atoms. The molecule has 3 N–H and O–H groups in total. The summed E-state index contributed by atoms with van der Waals surface area (Å²) in [5.74, 6) is 0.523. The van der Waals surface area contributed by atoms with E-state index in [1.807, 2.05) is 36.9 Å². The first kappa shape index (κ1) is 19.8. The molecule has 1 fully saturated rings. The fourth-order valence-corrected chi connectivity index (χ4v) is 3.20. The summed E-state index contributed by atoms with van der Waals surface area (Å²) in [6.07, 6.45) is 0.883. The quantitative estimate of drug-likeness (QED) is 0.552. The van der Waals surface area contributed by atoms with Gasteiger partial charge in [0.25, 0.3) is 0 Å². The van der Waals surface area contributed by atoms with Crippen LogP contribution in [-0.4, -0.2) is 52.0 Å². The Labute approximate surface area is 164 Å². The average Bonchev–Trinajstić information content (AvgIpc) is 2.68. The molecule has 1 aromatic carbocycles. The van der Waals surface area contributed by atoms with Crippen molar-refractivity contribution in [3.05, 3.63) is 46.0 Å². The molecule has 2 heterocycles. The van der Waals surface area contributed by atoms with Crippen molar-refractivity contribution in [2.75, 3.05) is 42.1 Å². The summed E-state index contributed by atoms with van der Waals surface area (Å²) in [6.45, 7) is 7.79. The van der Waals surface area contributed by atoms with Crippen molar-refractivity contribution in [1.29, 1.82) is 0 Å². The molecule has 1 atom stereocenters. The molecular weight excluding hydrogens is 358 g/mol. The maximum absolute atomic E-state index is 11.6. The topological polar surface area (TPSA) is 113 Å². The number of rotatable bonds is 7. The second-order valence-electron chi connectivity index (χ2n) is 7.06. The molecule has 0 unspecified atom stereocenters. The molecule has 9 nitrogen and oxygen atoms in total. The van der Waals surface area contributed by atoms with Gasteiger partial charge < -0.3 is 16.0 Å². The van der Waals surface area contributed by atoms with Gasteiger partial charge in [0.15, 0.2) is 0 Å². The average molecular weight is 385 g/mol. The van der Waals surface area contributed by atoms with Crippen molar-refractivity contribution in [2.24, 2.45) is 0 Å². The van der Waals surface area contributed by atoms with Crippen LogP contribution in [0.3, 0.4) is 0 Å². The van der Waals surface area contributed by atoms with Crippen LogP contribution < -0.4 is 16.0 Å². The summed E-state index contributed by atoms with van der Waals surface area (Å²) < 4.78 is 0. The van der Waals surface area contributed by atoms with Crippen LogP contribution in [-0.2, 0) is 6.54 Å². The van der Waals surface area contributed by atoms with Gasteiger partial charge in [-0.1, -0.05) is 37.3 Å². The highest BCUT2D eigenvalue weighted by atomic mass is 16.6. The van der Waals surface area contributed by atoms with Crippen molar-refractivity contribution in [3.63, 3.8) is 0 Å². The summed E-state index contributed by atoms with van der Waals surface area (Å²) in [4.78, 5) is 23.9. The number of benzene rings is 1. The Balaban J connectivity index is 1.76. The molecule has 3 rings (SSSR count). The van der Waals surface area contributed by atoms with Gasteiger partial charge in [-0.2, -0.15) is 9.97 Å². The molecule has 150 valence electrons. The lowest BCUT2D eigenvalue weighted by Gasteiger charge is -2.35. The molecule has 1 saturated heterocycles. The molecule has 1 aliphatic rings. The van der Waals surface area contributed by atoms with Crippen LogP contribution in [0.1, 0.15) is 25.8 Å². The third-order valence-electron chi connectivity index (χ3n) is 4.98. The van der Waals surface area contributed by atoms with E-state index in [1.165, 1.54) is 5.56 Å². The minimum Gasteiger partial charge on any atom is -0.378 e. The number of anilines is 3. The second-order valence-corrected chi connectivity index (χ2v) is 7.06. The van der Waals surface area contributed by atoms with Gasteiger partial charge >= 0.3 is 5.69 Å². The third kappa shape index (κ3) is 4.66. The lowest BCUT2D eigenvalue weighted by atomic mass is 10.2. The molecule has 9 heteroatoms. The Morgan fingerprint density at radius 3 is 2.50 bits per heavy atom. The first-order valence-electron chi connectivity index (χ1n) is 9.57. The molecule has 0 aliphatic carbocycles. The minimum atomic E-state index is -0.492. The second kappa shape index (κ2) is 8.83. The van der Waals surface area contributed by atoms with Gasteiger partial charge in [0, 0.05) is 38.8 Å². The normalized spacial score (nSPS) is 16.0. The smallest absolute Gasteiger partial charge is 0.353 e. The molecule has 0 spiro atoms. The third-order valence-corrected chi connectivity index (χ3v) is 4.98. The molecule has 1 aliphatic heterocycles. The summed E-state index contributed by atoms with van der Waals surface area (Å²) >= 11 is 0. The predicted octanol–water partition coefficient (Wildman–Crippen LogP) is 2.50. The van der Waals surface area contributed by atoms with Gasteiger partial charge in [-0.3, -0.25) is 15.0 Å². The summed E-state index contributed by atoms with van der Waals surface area (Å²) in [7, 11) is 0. The summed E-state index contributed by atoms with van der Waals surface area (Å²) in [5, 5.41) is 14.7. The van der Waals surface area contributed by atoms with Gasteiger partial charge in [-0.05, 0) is 18.9 Å². The summed E-state index contributed by atoms with van der Waals surface area (Å²) in [5.41, 5.74) is 6.95. The van der Waals surface area contributed by atoms with E-state index in [4.69, 9.17) is 5.73 Å². The standard InChI is InChI=1S/C19H27N7O2/c1-3-14(2)21-19-22-17(20)16(26(27)28)18(23-19)25-11-9-24(10-12-25)13-15-7-5-4-6-8-15/h4-8,14H,3,9-13H2,1-2H3,(H3,20,21,22,23)/t14-/m0/s1. The van der Waals surface area contributed by atoms with Crippen molar-refractivity contribution in [2.45, 2.75) is 32.9 Å². The zero-order valence-electron chi connectivity index (χ0n) is 16.3. The van der Waals surface area contributed by atoms with Crippen molar-refractivity contribution in [1.82, 2.24) is 14.9 Å². The molecule has 0 amide bonds. The van der Waals surface area contributed by atoms with E-state index in [-0.39, 0.29) is 17.5 Å². The van der Waals surface area contributed by atoms with Crippen molar-refractivity contribution >= 4 is 23.3 Å². The number of nitrogens with zero attached hydrogens (tertiary/aromatic N) is 5. The highest BCUT2D eigenvalue weighted by molar-refractivity contribution is 5.71. The van der Waals surface area contributed by atoms with Crippen LogP contribution in [0.4, 0.5) is 23.3 Å². The number of aromatic nitrogens is 2. The molecular formula is C19H27N7O2. The maximum Gasteiger partial charge on any atom is 0.353 e. The Morgan fingerprint density at radius 2 is 1.89 bits per heavy atom. The number of piperazine rings is 1. The Hall–Kier alpha value is -2.94. The van der Waals surface area contributed by atoms with Crippen LogP contribution >= 0.6 is 0 Å². The Morgan fingerprint density at radius 1 is 1.21 bits per heavy atom. The first-order chi connectivity index (χ1) is 13.5. The number of nitro groups is 1. The van der Waals surface area contributed by atoms with Crippen LogP contribution in [0.5, 0.6) is 0 Å². The van der Waals surface area contributed by atoms with E-state index in [2.05, 4.69) is 32.3 Å². The molecule has 0 radical (unpaired) electrons. The molecule has 2 aromatic rings. The van der Waals surface area contributed by atoms with Gasteiger partial charge in [0.05, 0.1) is 4.92 Å². The van der Waals surface area contributed by atoms with Crippen LogP contribution in [0.25, 0.3) is 0 Å². The number of nitrogen functional groups attached to an aromatic ring is 1. The number of nitrogens with two attached hydrogens (primary N) is 1.